The first-order valence-corrected chi connectivity index (χ1v) is 8.00. The van der Waals surface area contributed by atoms with Crippen molar-refractivity contribution in [2.75, 3.05) is 0 Å². The molecule has 2 rings (SSSR count). The maximum Gasteiger partial charge on any atom is 0.309 e. The average molecular weight is 300 g/mol. The molecule has 0 radical (unpaired) electrons. The summed E-state index contributed by atoms with van der Waals surface area (Å²) in [7, 11) is 0. The maximum atomic E-state index is 11.3. The fourth-order valence-corrected chi connectivity index (χ4v) is 2.90. The first kappa shape index (κ1) is 16.5. The molecule has 0 aliphatic carbocycles. The number of aliphatic hydroxyl groups excluding tert-OH is 1. The number of fused-ring (bicyclic) bond motifs is 1. The van der Waals surface area contributed by atoms with Crippen LogP contribution < -0.4 is 0 Å². The minimum Gasteiger partial charge on any atom is -0.481 e. The van der Waals surface area contributed by atoms with E-state index in [9.17, 15) is 15.0 Å². The minimum absolute atomic E-state index is 0.517. The Morgan fingerprint density at radius 1 is 1.09 bits per heavy atom. The standard InChI is InChI=1S/C19H24O3/c1-2-6-18(20)17(19(21)22)10-5-7-14-11-12-15-8-3-4-9-16(15)13-14/h3-4,8-9,11-13,17-18,20H,2,5-7,10H2,1H3,(H,21,22). The molecular weight excluding hydrogens is 276 g/mol. The quantitative estimate of drug-likeness (QED) is 0.774. The number of hydrogen-bond acceptors (Lipinski definition) is 2. The zero-order chi connectivity index (χ0) is 15.9. The maximum absolute atomic E-state index is 11.3. The Hall–Kier alpha value is -1.87. The van der Waals surface area contributed by atoms with E-state index in [1.807, 2.05) is 19.1 Å². The lowest BCUT2D eigenvalue weighted by Crippen LogP contribution is -2.28. The minimum atomic E-state index is -0.889. The van der Waals surface area contributed by atoms with Gasteiger partial charge in [-0.3, -0.25) is 4.79 Å². The molecule has 3 heteroatoms. The Morgan fingerprint density at radius 3 is 2.50 bits per heavy atom. The van der Waals surface area contributed by atoms with Gasteiger partial charge in [0, 0.05) is 0 Å². The highest BCUT2D eigenvalue weighted by Crippen LogP contribution is 2.20. The summed E-state index contributed by atoms with van der Waals surface area (Å²) in [6.45, 7) is 1.96. The number of aliphatic carboxylic acids is 1. The molecule has 3 nitrogen and oxygen atoms in total. The molecule has 0 fully saturated rings. The Balaban J connectivity index is 1.94. The molecule has 0 aliphatic rings. The van der Waals surface area contributed by atoms with Gasteiger partial charge in [-0.1, -0.05) is 55.8 Å². The largest absolute Gasteiger partial charge is 0.481 e. The topological polar surface area (TPSA) is 57.5 Å². The molecule has 0 aromatic heterocycles. The van der Waals surface area contributed by atoms with Gasteiger partial charge >= 0.3 is 5.97 Å². The fraction of sp³-hybridized carbons (Fsp3) is 0.421. The number of aryl methyl sites for hydroxylation is 1. The molecule has 2 aromatic rings. The summed E-state index contributed by atoms with van der Waals surface area (Å²) in [5.74, 6) is -1.54. The van der Waals surface area contributed by atoms with Gasteiger partial charge in [0.25, 0.3) is 0 Å². The van der Waals surface area contributed by atoms with Crippen LogP contribution in [0.25, 0.3) is 10.8 Å². The number of rotatable bonds is 8. The third kappa shape index (κ3) is 4.31. The molecule has 0 saturated heterocycles. The molecule has 0 amide bonds. The van der Waals surface area contributed by atoms with Crippen molar-refractivity contribution in [1.29, 1.82) is 0 Å². The SMILES string of the molecule is CCCC(O)C(CCCc1ccc2ccccc2c1)C(=O)O. The van der Waals surface area contributed by atoms with Crippen LogP contribution in [-0.4, -0.2) is 22.3 Å². The summed E-state index contributed by atoms with van der Waals surface area (Å²) in [5, 5.41) is 21.6. The predicted octanol–water partition coefficient (Wildman–Crippen LogP) is 4.02. The summed E-state index contributed by atoms with van der Waals surface area (Å²) in [4.78, 5) is 11.3. The Bertz CT molecular complexity index is 621. The van der Waals surface area contributed by atoms with E-state index in [0.717, 1.165) is 19.3 Å². The van der Waals surface area contributed by atoms with Gasteiger partial charge < -0.3 is 10.2 Å². The number of carboxylic acid groups (broad SMARTS) is 1. The van der Waals surface area contributed by atoms with E-state index in [1.165, 1.54) is 16.3 Å². The molecule has 22 heavy (non-hydrogen) atoms. The van der Waals surface area contributed by atoms with Gasteiger partial charge in [-0.05, 0) is 42.0 Å². The van der Waals surface area contributed by atoms with Crippen molar-refractivity contribution < 1.29 is 15.0 Å². The van der Waals surface area contributed by atoms with E-state index in [2.05, 4.69) is 30.3 Å². The van der Waals surface area contributed by atoms with Crippen molar-refractivity contribution in [3.8, 4) is 0 Å². The van der Waals surface area contributed by atoms with Crippen LogP contribution >= 0.6 is 0 Å². The van der Waals surface area contributed by atoms with Gasteiger partial charge in [-0.15, -0.1) is 0 Å². The summed E-state index contributed by atoms with van der Waals surface area (Å²) < 4.78 is 0. The Labute approximate surface area is 131 Å². The van der Waals surface area contributed by atoms with Gasteiger partial charge in [-0.25, -0.2) is 0 Å². The molecule has 2 aromatic carbocycles. The fourth-order valence-electron chi connectivity index (χ4n) is 2.90. The lowest BCUT2D eigenvalue weighted by molar-refractivity contribution is -0.146. The highest BCUT2D eigenvalue weighted by molar-refractivity contribution is 5.82. The molecule has 0 heterocycles. The van der Waals surface area contributed by atoms with Crippen molar-refractivity contribution in [2.24, 2.45) is 5.92 Å². The van der Waals surface area contributed by atoms with E-state index < -0.39 is 18.0 Å². The number of carbonyl (C=O) groups is 1. The van der Waals surface area contributed by atoms with E-state index in [4.69, 9.17) is 0 Å². The Morgan fingerprint density at radius 2 is 1.82 bits per heavy atom. The van der Waals surface area contributed by atoms with Crippen molar-refractivity contribution in [3.63, 3.8) is 0 Å². The number of hydrogen-bond donors (Lipinski definition) is 2. The molecule has 2 atom stereocenters. The molecule has 118 valence electrons. The normalized spacial score (nSPS) is 13.9. The molecule has 0 spiro atoms. The van der Waals surface area contributed by atoms with Crippen LogP contribution in [0.4, 0.5) is 0 Å². The van der Waals surface area contributed by atoms with Crippen LogP contribution in [0.15, 0.2) is 42.5 Å². The Kier molecular flexibility index (Phi) is 5.96. The van der Waals surface area contributed by atoms with Gasteiger partial charge in [0.2, 0.25) is 0 Å². The van der Waals surface area contributed by atoms with Gasteiger partial charge in [-0.2, -0.15) is 0 Å². The van der Waals surface area contributed by atoms with Crippen LogP contribution in [0.1, 0.15) is 38.2 Å². The van der Waals surface area contributed by atoms with Gasteiger partial charge in [0.05, 0.1) is 12.0 Å². The monoisotopic (exact) mass is 300 g/mol. The first-order chi connectivity index (χ1) is 10.6. The third-order valence-electron chi connectivity index (χ3n) is 4.16. The van der Waals surface area contributed by atoms with E-state index in [1.54, 1.807) is 0 Å². The molecule has 0 saturated carbocycles. The number of benzene rings is 2. The highest BCUT2D eigenvalue weighted by Gasteiger charge is 2.25. The lowest BCUT2D eigenvalue weighted by atomic mass is 9.92. The van der Waals surface area contributed by atoms with Crippen molar-refractivity contribution in [3.05, 3.63) is 48.0 Å². The lowest BCUT2D eigenvalue weighted by Gasteiger charge is -2.18. The summed E-state index contributed by atoms with van der Waals surface area (Å²) in [5.41, 5.74) is 1.22. The molecule has 2 N–H and O–H groups in total. The van der Waals surface area contributed by atoms with Gasteiger partial charge in [0.1, 0.15) is 0 Å². The number of carboxylic acids is 1. The number of aliphatic hydroxyl groups is 1. The second kappa shape index (κ2) is 7.95. The first-order valence-electron chi connectivity index (χ1n) is 8.00. The zero-order valence-corrected chi connectivity index (χ0v) is 13.0. The van der Waals surface area contributed by atoms with Crippen LogP contribution in [0.2, 0.25) is 0 Å². The average Bonchev–Trinajstić information content (AvgIpc) is 2.51. The van der Waals surface area contributed by atoms with Crippen molar-refractivity contribution in [2.45, 2.75) is 45.1 Å². The van der Waals surface area contributed by atoms with Gasteiger partial charge in [0.15, 0.2) is 0 Å². The van der Waals surface area contributed by atoms with Crippen LogP contribution in [0.5, 0.6) is 0 Å². The van der Waals surface area contributed by atoms with E-state index >= 15 is 0 Å². The highest BCUT2D eigenvalue weighted by atomic mass is 16.4. The molecule has 2 unspecified atom stereocenters. The second-order valence-corrected chi connectivity index (χ2v) is 5.87. The van der Waals surface area contributed by atoms with Crippen molar-refractivity contribution in [1.82, 2.24) is 0 Å². The summed E-state index contributed by atoms with van der Waals surface area (Å²) in [6.07, 6.45) is 2.74. The van der Waals surface area contributed by atoms with Crippen LogP contribution in [-0.2, 0) is 11.2 Å². The van der Waals surface area contributed by atoms with E-state index in [0.29, 0.717) is 12.8 Å². The third-order valence-corrected chi connectivity index (χ3v) is 4.16. The molecular formula is C19H24O3. The molecule has 0 aliphatic heterocycles. The predicted molar refractivity (Wildman–Crippen MR) is 88.9 cm³/mol. The summed E-state index contributed by atoms with van der Waals surface area (Å²) in [6, 6.07) is 14.6. The zero-order valence-electron chi connectivity index (χ0n) is 13.0. The van der Waals surface area contributed by atoms with Crippen LogP contribution in [0, 0.1) is 5.92 Å². The smallest absolute Gasteiger partial charge is 0.309 e. The molecule has 0 bridgehead atoms. The van der Waals surface area contributed by atoms with Crippen molar-refractivity contribution >= 4 is 16.7 Å². The van der Waals surface area contributed by atoms with E-state index in [-0.39, 0.29) is 0 Å². The second-order valence-electron chi connectivity index (χ2n) is 5.87. The van der Waals surface area contributed by atoms with Crippen LogP contribution in [0.3, 0.4) is 0 Å². The summed E-state index contributed by atoms with van der Waals surface area (Å²) >= 11 is 0.